The summed E-state index contributed by atoms with van der Waals surface area (Å²) in [7, 11) is 0. The third-order valence-electron chi connectivity index (χ3n) is 1.09. The molecule has 1 rings (SSSR count). The molecule has 0 unspecified atom stereocenters. The lowest BCUT2D eigenvalue weighted by Gasteiger charge is -2.01. The van der Waals surface area contributed by atoms with Gasteiger partial charge in [-0.2, -0.15) is 0 Å². The van der Waals surface area contributed by atoms with E-state index in [9.17, 15) is 0 Å². The predicted octanol–water partition coefficient (Wildman–Crippen LogP) is 1.73. The molecular weight excluding hydrogens is 118 g/mol. The van der Waals surface area contributed by atoms with Gasteiger partial charge in [0.25, 0.3) is 0 Å². The molecule has 0 bridgehead atoms. The fourth-order valence-corrected chi connectivity index (χ4v) is 0.660. The van der Waals surface area contributed by atoms with Gasteiger partial charge in [0.15, 0.2) is 0 Å². The standard InChI is InChI=1S/C6H7NS/c1-5-4-7-3-2-6(5)8/h3-4H,2H2,1H3. The van der Waals surface area contributed by atoms with Crippen molar-refractivity contribution in [1.82, 2.24) is 0 Å². The van der Waals surface area contributed by atoms with E-state index in [1.54, 1.807) is 6.20 Å². The van der Waals surface area contributed by atoms with Gasteiger partial charge in [0.1, 0.15) is 0 Å². The van der Waals surface area contributed by atoms with Gasteiger partial charge in [-0.05, 0) is 12.5 Å². The van der Waals surface area contributed by atoms with Crippen LogP contribution in [0.5, 0.6) is 0 Å². The number of allylic oxidation sites excluding steroid dienone is 1. The lowest BCUT2D eigenvalue weighted by atomic mass is 10.1. The first-order chi connectivity index (χ1) is 3.80. The Morgan fingerprint density at radius 1 is 1.75 bits per heavy atom. The molecule has 0 fully saturated rings. The Labute approximate surface area is 54.1 Å². The summed E-state index contributed by atoms with van der Waals surface area (Å²) in [5, 5.41) is 0. The van der Waals surface area contributed by atoms with Crippen LogP contribution in [0.3, 0.4) is 0 Å². The van der Waals surface area contributed by atoms with Crippen LogP contribution in [0.4, 0.5) is 0 Å². The second kappa shape index (κ2) is 2.18. The highest BCUT2D eigenvalue weighted by Crippen LogP contribution is 2.04. The highest BCUT2D eigenvalue weighted by atomic mass is 32.1. The SMILES string of the molecule is CC1=CN=CCC1=S. The molecule has 0 aliphatic carbocycles. The molecule has 0 N–H and O–H groups in total. The van der Waals surface area contributed by atoms with Crippen molar-refractivity contribution >= 4 is 23.3 Å². The number of nitrogens with zero attached hydrogens (tertiary/aromatic N) is 1. The van der Waals surface area contributed by atoms with Gasteiger partial charge in [0, 0.05) is 23.7 Å². The second-order valence-corrected chi connectivity index (χ2v) is 2.26. The molecule has 0 aromatic heterocycles. The lowest BCUT2D eigenvalue weighted by molar-refractivity contribution is 1.40. The van der Waals surface area contributed by atoms with Crippen molar-refractivity contribution in [2.24, 2.45) is 4.99 Å². The van der Waals surface area contributed by atoms with E-state index in [0.717, 1.165) is 16.9 Å². The second-order valence-electron chi connectivity index (χ2n) is 1.77. The topological polar surface area (TPSA) is 12.4 Å². The Hall–Kier alpha value is -0.500. The Balaban J connectivity index is 2.80. The molecule has 0 saturated carbocycles. The van der Waals surface area contributed by atoms with Crippen molar-refractivity contribution in [3.05, 3.63) is 11.8 Å². The van der Waals surface area contributed by atoms with Gasteiger partial charge in [-0.3, -0.25) is 4.99 Å². The average molecular weight is 125 g/mol. The van der Waals surface area contributed by atoms with Crippen LogP contribution in [0.2, 0.25) is 0 Å². The van der Waals surface area contributed by atoms with Gasteiger partial charge in [0.05, 0.1) is 0 Å². The van der Waals surface area contributed by atoms with Crippen LogP contribution < -0.4 is 0 Å². The summed E-state index contributed by atoms with van der Waals surface area (Å²) < 4.78 is 0. The van der Waals surface area contributed by atoms with Gasteiger partial charge >= 0.3 is 0 Å². The van der Waals surface area contributed by atoms with Crippen molar-refractivity contribution in [3.63, 3.8) is 0 Å². The number of aliphatic imine (C=N–C) groups is 1. The lowest BCUT2D eigenvalue weighted by Crippen LogP contribution is -1.99. The molecule has 0 radical (unpaired) electrons. The maximum absolute atomic E-state index is 4.97. The third-order valence-corrected chi connectivity index (χ3v) is 1.58. The zero-order chi connectivity index (χ0) is 5.98. The van der Waals surface area contributed by atoms with Crippen molar-refractivity contribution in [3.8, 4) is 0 Å². The summed E-state index contributed by atoms with van der Waals surface area (Å²) in [5.41, 5.74) is 1.13. The van der Waals surface area contributed by atoms with Gasteiger partial charge < -0.3 is 0 Å². The monoisotopic (exact) mass is 125 g/mol. The van der Waals surface area contributed by atoms with Crippen molar-refractivity contribution < 1.29 is 0 Å². The zero-order valence-corrected chi connectivity index (χ0v) is 5.53. The quantitative estimate of drug-likeness (QED) is 0.449. The Bertz CT molecular complexity index is 167. The molecule has 1 aliphatic rings. The minimum atomic E-state index is 0.845. The van der Waals surface area contributed by atoms with Crippen LogP contribution in [-0.2, 0) is 0 Å². The van der Waals surface area contributed by atoms with Gasteiger partial charge in [0.2, 0.25) is 0 Å². The molecule has 2 heteroatoms. The molecule has 0 saturated heterocycles. The van der Waals surface area contributed by atoms with E-state index in [1.165, 1.54) is 0 Å². The summed E-state index contributed by atoms with van der Waals surface area (Å²) in [6, 6.07) is 0. The first-order valence-electron chi connectivity index (χ1n) is 2.52. The Kier molecular flexibility index (Phi) is 1.53. The first-order valence-corrected chi connectivity index (χ1v) is 2.93. The van der Waals surface area contributed by atoms with E-state index in [2.05, 4.69) is 4.99 Å². The smallest absolute Gasteiger partial charge is 0.0304 e. The summed E-state index contributed by atoms with van der Waals surface area (Å²) in [5.74, 6) is 0. The largest absolute Gasteiger partial charge is 0.268 e. The highest BCUT2D eigenvalue weighted by Gasteiger charge is 1.98. The van der Waals surface area contributed by atoms with Gasteiger partial charge in [-0.15, -0.1) is 0 Å². The van der Waals surface area contributed by atoms with Crippen LogP contribution in [0, 0.1) is 0 Å². The third kappa shape index (κ3) is 1.01. The molecule has 8 heavy (non-hydrogen) atoms. The van der Waals surface area contributed by atoms with E-state index in [0.29, 0.717) is 0 Å². The molecule has 0 aromatic rings. The van der Waals surface area contributed by atoms with Crippen LogP contribution in [0.1, 0.15) is 13.3 Å². The predicted molar refractivity (Wildman–Crippen MR) is 39.5 cm³/mol. The van der Waals surface area contributed by atoms with Crippen molar-refractivity contribution in [2.45, 2.75) is 13.3 Å². The van der Waals surface area contributed by atoms with Crippen molar-refractivity contribution in [1.29, 1.82) is 0 Å². The number of thiocarbonyl (C=S) groups is 1. The van der Waals surface area contributed by atoms with Crippen LogP contribution in [-0.4, -0.2) is 11.1 Å². The molecule has 42 valence electrons. The van der Waals surface area contributed by atoms with Crippen molar-refractivity contribution in [2.75, 3.05) is 0 Å². The van der Waals surface area contributed by atoms with Crippen LogP contribution in [0.25, 0.3) is 0 Å². The molecule has 0 amide bonds. The summed E-state index contributed by atoms with van der Waals surface area (Å²) in [6.07, 6.45) is 4.47. The highest BCUT2D eigenvalue weighted by molar-refractivity contribution is 7.80. The maximum Gasteiger partial charge on any atom is 0.0304 e. The number of hydrogen-bond donors (Lipinski definition) is 0. The van der Waals surface area contributed by atoms with Gasteiger partial charge in [-0.25, -0.2) is 0 Å². The molecule has 1 heterocycles. The van der Waals surface area contributed by atoms with Crippen LogP contribution in [0.15, 0.2) is 16.8 Å². The van der Waals surface area contributed by atoms with Gasteiger partial charge in [-0.1, -0.05) is 12.2 Å². The van der Waals surface area contributed by atoms with E-state index in [1.807, 2.05) is 13.1 Å². The maximum atomic E-state index is 4.97. The molecule has 0 aromatic carbocycles. The fourth-order valence-electron chi connectivity index (χ4n) is 0.533. The van der Waals surface area contributed by atoms with E-state index in [-0.39, 0.29) is 0 Å². The number of rotatable bonds is 0. The Morgan fingerprint density at radius 3 is 2.88 bits per heavy atom. The minimum Gasteiger partial charge on any atom is -0.268 e. The summed E-state index contributed by atoms with van der Waals surface area (Å²) in [6.45, 7) is 1.98. The summed E-state index contributed by atoms with van der Waals surface area (Å²) >= 11 is 4.97. The van der Waals surface area contributed by atoms with E-state index >= 15 is 0 Å². The minimum absolute atomic E-state index is 0.845. The van der Waals surface area contributed by atoms with Crippen LogP contribution >= 0.6 is 12.2 Å². The molecule has 0 atom stereocenters. The fraction of sp³-hybridized carbons (Fsp3) is 0.333. The first kappa shape index (κ1) is 5.63. The molecule has 1 aliphatic heterocycles. The molecule has 0 spiro atoms. The zero-order valence-electron chi connectivity index (χ0n) is 4.72. The van der Waals surface area contributed by atoms with E-state index < -0.39 is 0 Å². The van der Waals surface area contributed by atoms with E-state index in [4.69, 9.17) is 12.2 Å². The summed E-state index contributed by atoms with van der Waals surface area (Å²) in [4.78, 5) is 4.95. The Morgan fingerprint density at radius 2 is 2.50 bits per heavy atom. The average Bonchev–Trinajstić information content (AvgIpc) is 1.77. The number of hydrogen-bond acceptors (Lipinski definition) is 2. The normalized spacial score (nSPS) is 18.6. The molecule has 1 nitrogen and oxygen atoms in total. The molecular formula is C6H7NS.